The Labute approximate surface area is 74.5 Å². The van der Waals surface area contributed by atoms with Crippen LogP contribution in [0.2, 0.25) is 0 Å². The average molecular weight is 180 g/mol. The number of rotatable bonds is 6. The third kappa shape index (κ3) is 6.60. The molecule has 0 spiro atoms. The normalized spacial score (nSPS) is 13.9. The first-order valence-corrected chi connectivity index (χ1v) is 4.47. The number of nitrogens with zero attached hydrogens (tertiary/aromatic N) is 1. The van der Waals surface area contributed by atoms with Crippen LogP contribution in [0.15, 0.2) is 0 Å². The second-order valence-electron chi connectivity index (χ2n) is 3.01. The van der Waals surface area contributed by atoms with Gasteiger partial charge in [-0.25, -0.2) is 0 Å². The van der Waals surface area contributed by atoms with Gasteiger partial charge in [-0.2, -0.15) is 0 Å². The van der Waals surface area contributed by atoms with Gasteiger partial charge in [-0.3, -0.25) is 0 Å². The molecule has 0 saturated carbocycles. The number of halogens is 1. The summed E-state index contributed by atoms with van der Waals surface area (Å²) < 4.78 is 4.95. The Morgan fingerprint density at radius 1 is 1.55 bits per heavy atom. The third-order valence-corrected chi connectivity index (χ3v) is 2.09. The zero-order valence-corrected chi connectivity index (χ0v) is 8.40. The minimum absolute atomic E-state index is 0.568. The van der Waals surface area contributed by atoms with Crippen molar-refractivity contribution in [3.8, 4) is 0 Å². The Balaban J connectivity index is 3.27. The molecule has 0 bridgehead atoms. The zero-order chi connectivity index (χ0) is 8.69. The molecule has 68 valence electrons. The van der Waals surface area contributed by atoms with Gasteiger partial charge >= 0.3 is 0 Å². The van der Waals surface area contributed by atoms with E-state index in [1.807, 2.05) is 0 Å². The summed E-state index contributed by atoms with van der Waals surface area (Å²) in [7, 11) is 3.81. The number of hydrogen-bond donors (Lipinski definition) is 0. The van der Waals surface area contributed by atoms with E-state index in [2.05, 4.69) is 18.9 Å². The van der Waals surface area contributed by atoms with Crippen molar-refractivity contribution in [1.82, 2.24) is 4.90 Å². The summed E-state index contributed by atoms with van der Waals surface area (Å²) in [5.74, 6) is 1.30. The maximum absolute atomic E-state index is 5.67. The predicted octanol–water partition coefficient (Wildman–Crippen LogP) is 1.44. The molecule has 1 atom stereocenters. The fraction of sp³-hybridized carbons (Fsp3) is 1.00. The van der Waals surface area contributed by atoms with Gasteiger partial charge in [0.2, 0.25) is 0 Å². The van der Waals surface area contributed by atoms with Crippen LogP contribution in [0.5, 0.6) is 0 Å². The quantitative estimate of drug-likeness (QED) is 0.573. The molecule has 0 aliphatic rings. The summed E-state index contributed by atoms with van der Waals surface area (Å²) >= 11 is 5.67. The molecule has 11 heavy (non-hydrogen) atoms. The first kappa shape index (κ1) is 11.2. The monoisotopic (exact) mass is 179 g/mol. The Hall–Kier alpha value is 0.210. The Bertz CT molecular complexity index is 90.2. The van der Waals surface area contributed by atoms with E-state index in [4.69, 9.17) is 16.3 Å². The Morgan fingerprint density at radius 3 is 2.64 bits per heavy atom. The van der Waals surface area contributed by atoms with Crippen LogP contribution in [0, 0.1) is 5.92 Å². The van der Waals surface area contributed by atoms with E-state index in [0.29, 0.717) is 5.92 Å². The summed E-state index contributed by atoms with van der Waals surface area (Å²) in [5, 5.41) is 0. The SMILES string of the molecule is COCCN(C)CC(C)CCl. The predicted molar refractivity (Wildman–Crippen MR) is 49.3 cm³/mol. The lowest BCUT2D eigenvalue weighted by Crippen LogP contribution is -2.28. The highest BCUT2D eigenvalue weighted by Crippen LogP contribution is 1.99. The Kier molecular flexibility index (Phi) is 7.02. The zero-order valence-electron chi connectivity index (χ0n) is 7.64. The fourth-order valence-electron chi connectivity index (χ4n) is 0.919. The van der Waals surface area contributed by atoms with Crippen molar-refractivity contribution in [2.45, 2.75) is 6.92 Å². The van der Waals surface area contributed by atoms with E-state index in [1.54, 1.807) is 7.11 Å². The summed E-state index contributed by atoms with van der Waals surface area (Å²) in [6, 6.07) is 0. The highest BCUT2D eigenvalue weighted by atomic mass is 35.5. The van der Waals surface area contributed by atoms with Gasteiger partial charge in [-0.05, 0) is 13.0 Å². The summed E-state index contributed by atoms with van der Waals surface area (Å²) in [6.45, 7) is 4.98. The maximum atomic E-state index is 5.67. The Morgan fingerprint density at radius 2 is 2.18 bits per heavy atom. The van der Waals surface area contributed by atoms with E-state index < -0.39 is 0 Å². The van der Waals surface area contributed by atoms with Crippen molar-refractivity contribution < 1.29 is 4.74 Å². The molecule has 0 aromatic carbocycles. The van der Waals surface area contributed by atoms with Gasteiger partial charge in [-0.1, -0.05) is 6.92 Å². The van der Waals surface area contributed by atoms with Crippen LogP contribution in [0.1, 0.15) is 6.92 Å². The minimum atomic E-state index is 0.568. The molecule has 0 fully saturated rings. The lowest BCUT2D eigenvalue weighted by atomic mass is 10.2. The lowest BCUT2D eigenvalue weighted by Gasteiger charge is -2.18. The highest BCUT2D eigenvalue weighted by Gasteiger charge is 2.03. The second kappa shape index (κ2) is 6.89. The molecule has 1 unspecified atom stereocenters. The molecule has 0 saturated heterocycles. The number of likely N-dealkylation sites (N-methyl/N-ethyl adjacent to an activating group) is 1. The smallest absolute Gasteiger partial charge is 0.0589 e. The summed E-state index contributed by atoms with van der Waals surface area (Å²) in [4.78, 5) is 2.23. The van der Waals surface area contributed by atoms with Crippen LogP contribution >= 0.6 is 11.6 Å². The van der Waals surface area contributed by atoms with E-state index >= 15 is 0 Å². The van der Waals surface area contributed by atoms with Gasteiger partial charge in [0.15, 0.2) is 0 Å². The molecule has 0 aliphatic carbocycles. The van der Waals surface area contributed by atoms with Crippen molar-refractivity contribution >= 4 is 11.6 Å². The second-order valence-corrected chi connectivity index (χ2v) is 3.32. The van der Waals surface area contributed by atoms with Crippen molar-refractivity contribution in [3.63, 3.8) is 0 Å². The van der Waals surface area contributed by atoms with Gasteiger partial charge in [-0.15, -0.1) is 11.6 Å². The number of ether oxygens (including phenoxy) is 1. The molecule has 0 amide bonds. The molecule has 0 aromatic rings. The number of hydrogen-bond acceptors (Lipinski definition) is 2. The molecule has 2 nitrogen and oxygen atoms in total. The molecule has 0 aromatic heterocycles. The highest BCUT2D eigenvalue weighted by molar-refractivity contribution is 6.18. The van der Waals surface area contributed by atoms with E-state index in [-0.39, 0.29) is 0 Å². The molecular formula is C8H18ClNO. The third-order valence-electron chi connectivity index (χ3n) is 1.56. The van der Waals surface area contributed by atoms with Crippen LogP contribution in [0.3, 0.4) is 0 Å². The van der Waals surface area contributed by atoms with Crippen LogP contribution < -0.4 is 0 Å². The van der Waals surface area contributed by atoms with E-state index in [1.165, 1.54) is 0 Å². The van der Waals surface area contributed by atoms with Gasteiger partial charge in [0.1, 0.15) is 0 Å². The molecular weight excluding hydrogens is 162 g/mol. The molecule has 3 heteroatoms. The number of methoxy groups -OCH3 is 1. The minimum Gasteiger partial charge on any atom is -0.383 e. The topological polar surface area (TPSA) is 12.5 Å². The maximum Gasteiger partial charge on any atom is 0.0589 e. The lowest BCUT2D eigenvalue weighted by molar-refractivity contribution is 0.155. The van der Waals surface area contributed by atoms with Crippen LogP contribution in [-0.2, 0) is 4.74 Å². The summed E-state index contributed by atoms with van der Waals surface area (Å²) in [5.41, 5.74) is 0. The first-order chi connectivity index (χ1) is 5.20. The van der Waals surface area contributed by atoms with Crippen LogP contribution in [0.4, 0.5) is 0 Å². The molecule has 0 radical (unpaired) electrons. The fourth-order valence-corrected chi connectivity index (χ4v) is 1.02. The van der Waals surface area contributed by atoms with E-state index in [0.717, 1.165) is 25.6 Å². The molecule has 0 rings (SSSR count). The largest absolute Gasteiger partial charge is 0.383 e. The van der Waals surface area contributed by atoms with Gasteiger partial charge < -0.3 is 9.64 Å². The average Bonchev–Trinajstić information content (AvgIpc) is 2.00. The van der Waals surface area contributed by atoms with Gasteiger partial charge in [0.25, 0.3) is 0 Å². The van der Waals surface area contributed by atoms with Crippen molar-refractivity contribution in [2.75, 3.05) is 39.7 Å². The van der Waals surface area contributed by atoms with Crippen LogP contribution in [0.25, 0.3) is 0 Å². The molecule has 0 aliphatic heterocycles. The van der Waals surface area contributed by atoms with E-state index in [9.17, 15) is 0 Å². The number of alkyl halides is 1. The van der Waals surface area contributed by atoms with Crippen molar-refractivity contribution in [2.24, 2.45) is 5.92 Å². The molecule has 0 heterocycles. The van der Waals surface area contributed by atoms with Crippen molar-refractivity contribution in [1.29, 1.82) is 0 Å². The van der Waals surface area contributed by atoms with Gasteiger partial charge in [0, 0.05) is 26.1 Å². The first-order valence-electron chi connectivity index (χ1n) is 3.94. The molecule has 0 N–H and O–H groups in total. The summed E-state index contributed by atoms with van der Waals surface area (Å²) in [6.07, 6.45) is 0. The van der Waals surface area contributed by atoms with Gasteiger partial charge in [0.05, 0.1) is 6.61 Å². The van der Waals surface area contributed by atoms with Crippen LogP contribution in [-0.4, -0.2) is 44.6 Å². The standard InChI is InChI=1S/C8H18ClNO/c1-8(6-9)7-10(2)4-5-11-3/h8H,4-7H2,1-3H3. The van der Waals surface area contributed by atoms with Crippen molar-refractivity contribution in [3.05, 3.63) is 0 Å².